The lowest BCUT2D eigenvalue weighted by atomic mass is 10.3. The van der Waals surface area contributed by atoms with Gasteiger partial charge < -0.3 is 20.1 Å². The van der Waals surface area contributed by atoms with Crippen molar-refractivity contribution in [3.05, 3.63) is 22.2 Å². The molecule has 0 saturated heterocycles. The van der Waals surface area contributed by atoms with Gasteiger partial charge in [-0.15, -0.1) is 0 Å². The van der Waals surface area contributed by atoms with Gasteiger partial charge in [0.2, 0.25) is 5.82 Å². The van der Waals surface area contributed by atoms with Crippen LogP contribution in [-0.4, -0.2) is 50.4 Å². The van der Waals surface area contributed by atoms with Gasteiger partial charge in [-0.25, -0.2) is 4.98 Å². The molecule has 0 amide bonds. The SMILES string of the molecule is COCCN(CCOC)c1ccc([N+](=O)[O-])c(N)n1. The molecule has 0 radical (unpaired) electrons. The molecule has 1 aromatic rings. The van der Waals surface area contributed by atoms with E-state index in [9.17, 15) is 10.1 Å². The fourth-order valence-electron chi connectivity index (χ4n) is 1.53. The predicted octanol–water partition coefficient (Wildman–Crippen LogP) is 0.671. The molecule has 0 aliphatic heterocycles. The Balaban J connectivity index is 2.88. The smallest absolute Gasteiger partial charge is 0.311 e. The summed E-state index contributed by atoms with van der Waals surface area (Å²) in [7, 11) is 3.21. The van der Waals surface area contributed by atoms with E-state index in [0.29, 0.717) is 32.1 Å². The number of anilines is 2. The minimum atomic E-state index is -0.555. The number of hydrogen-bond acceptors (Lipinski definition) is 7. The van der Waals surface area contributed by atoms with Crippen molar-refractivity contribution in [1.29, 1.82) is 0 Å². The Labute approximate surface area is 111 Å². The van der Waals surface area contributed by atoms with Crippen molar-refractivity contribution in [2.45, 2.75) is 0 Å². The van der Waals surface area contributed by atoms with Crippen LogP contribution in [-0.2, 0) is 9.47 Å². The van der Waals surface area contributed by atoms with Gasteiger partial charge in [-0.05, 0) is 6.07 Å². The molecule has 0 saturated carbocycles. The van der Waals surface area contributed by atoms with Crippen LogP contribution in [0, 0.1) is 10.1 Å². The second-order valence-corrected chi connectivity index (χ2v) is 3.80. The van der Waals surface area contributed by atoms with Gasteiger partial charge in [0.15, 0.2) is 0 Å². The van der Waals surface area contributed by atoms with E-state index in [0.717, 1.165) is 0 Å². The summed E-state index contributed by atoms with van der Waals surface area (Å²) in [5.41, 5.74) is 5.38. The fourth-order valence-corrected chi connectivity index (χ4v) is 1.53. The highest BCUT2D eigenvalue weighted by molar-refractivity contribution is 5.57. The van der Waals surface area contributed by atoms with E-state index in [-0.39, 0.29) is 11.5 Å². The number of methoxy groups -OCH3 is 2. The Hall–Kier alpha value is -1.93. The number of nitrogens with two attached hydrogens (primary N) is 1. The summed E-state index contributed by atoms with van der Waals surface area (Å²) in [5, 5.41) is 10.7. The van der Waals surface area contributed by atoms with Crippen molar-refractivity contribution in [3.8, 4) is 0 Å². The lowest BCUT2D eigenvalue weighted by molar-refractivity contribution is -0.384. The third kappa shape index (κ3) is 4.34. The van der Waals surface area contributed by atoms with Gasteiger partial charge in [0.1, 0.15) is 5.82 Å². The second-order valence-electron chi connectivity index (χ2n) is 3.80. The number of ether oxygens (including phenoxy) is 2. The van der Waals surface area contributed by atoms with Crippen molar-refractivity contribution in [2.75, 3.05) is 51.2 Å². The topological polar surface area (TPSA) is 104 Å². The third-order valence-electron chi connectivity index (χ3n) is 2.54. The molecule has 2 N–H and O–H groups in total. The maximum absolute atomic E-state index is 10.7. The molecule has 0 aliphatic rings. The standard InChI is InChI=1S/C11H18N4O4/c1-18-7-5-14(6-8-19-2)10-4-3-9(15(16)17)11(12)13-10/h3-4H,5-8H2,1-2H3,(H2,12,13). The Morgan fingerprint density at radius 2 is 1.89 bits per heavy atom. The Morgan fingerprint density at radius 3 is 2.32 bits per heavy atom. The average Bonchev–Trinajstić information content (AvgIpc) is 2.38. The zero-order chi connectivity index (χ0) is 14.3. The van der Waals surface area contributed by atoms with E-state index in [4.69, 9.17) is 15.2 Å². The molecule has 0 fully saturated rings. The largest absolute Gasteiger partial charge is 0.383 e. The summed E-state index contributed by atoms with van der Waals surface area (Å²) in [6.07, 6.45) is 0. The predicted molar refractivity (Wildman–Crippen MR) is 71.3 cm³/mol. The van der Waals surface area contributed by atoms with Gasteiger partial charge in [-0.2, -0.15) is 0 Å². The quantitative estimate of drug-likeness (QED) is 0.547. The van der Waals surface area contributed by atoms with Gasteiger partial charge >= 0.3 is 5.69 Å². The van der Waals surface area contributed by atoms with Gasteiger partial charge in [-0.1, -0.05) is 0 Å². The molecule has 0 spiro atoms. The molecule has 0 atom stereocenters. The molecular weight excluding hydrogens is 252 g/mol. The van der Waals surface area contributed by atoms with Crippen molar-refractivity contribution in [1.82, 2.24) is 4.98 Å². The molecule has 0 aliphatic carbocycles. The van der Waals surface area contributed by atoms with Crippen molar-refractivity contribution in [3.63, 3.8) is 0 Å². The maximum atomic E-state index is 10.7. The van der Waals surface area contributed by atoms with Crippen LogP contribution in [0.4, 0.5) is 17.3 Å². The molecular formula is C11H18N4O4. The molecule has 8 heteroatoms. The van der Waals surface area contributed by atoms with Crippen LogP contribution in [0.1, 0.15) is 0 Å². The van der Waals surface area contributed by atoms with E-state index >= 15 is 0 Å². The molecule has 1 rings (SSSR count). The number of nitro groups is 1. The van der Waals surface area contributed by atoms with Gasteiger partial charge in [0.25, 0.3) is 0 Å². The minimum Gasteiger partial charge on any atom is -0.383 e. The van der Waals surface area contributed by atoms with Crippen LogP contribution in [0.5, 0.6) is 0 Å². The number of hydrogen-bond donors (Lipinski definition) is 1. The highest BCUT2D eigenvalue weighted by Gasteiger charge is 2.15. The monoisotopic (exact) mass is 270 g/mol. The minimum absolute atomic E-state index is 0.0951. The van der Waals surface area contributed by atoms with Crippen molar-refractivity contribution in [2.24, 2.45) is 0 Å². The van der Waals surface area contributed by atoms with Crippen LogP contribution in [0.15, 0.2) is 12.1 Å². The van der Waals surface area contributed by atoms with Crippen LogP contribution in [0.3, 0.4) is 0 Å². The van der Waals surface area contributed by atoms with E-state index in [2.05, 4.69) is 4.98 Å². The number of nitrogen functional groups attached to an aromatic ring is 1. The Morgan fingerprint density at radius 1 is 1.32 bits per heavy atom. The van der Waals surface area contributed by atoms with Gasteiger partial charge in [-0.3, -0.25) is 10.1 Å². The average molecular weight is 270 g/mol. The molecule has 1 heterocycles. The molecule has 0 bridgehead atoms. The second kappa shape index (κ2) is 7.49. The van der Waals surface area contributed by atoms with Gasteiger partial charge in [0.05, 0.1) is 18.1 Å². The summed E-state index contributed by atoms with van der Waals surface area (Å²) in [5.74, 6) is 0.472. The molecule has 0 aromatic carbocycles. The number of aromatic nitrogens is 1. The zero-order valence-corrected chi connectivity index (χ0v) is 11.0. The van der Waals surface area contributed by atoms with Crippen LogP contribution >= 0.6 is 0 Å². The lowest BCUT2D eigenvalue weighted by Crippen LogP contribution is -2.31. The van der Waals surface area contributed by atoms with Crippen molar-refractivity contribution < 1.29 is 14.4 Å². The molecule has 0 unspecified atom stereocenters. The first-order valence-electron chi connectivity index (χ1n) is 5.74. The van der Waals surface area contributed by atoms with Crippen molar-refractivity contribution >= 4 is 17.3 Å². The third-order valence-corrected chi connectivity index (χ3v) is 2.54. The first kappa shape index (κ1) is 15.1. The molecule has 8 nitrogen and oxygen atoms in total. The normalized spacial score (nSPS) is 10.4. The summed E-state index contributed by atoms with van der Waals surface area (Å²) in [6.45, 7) is 2.23. The summed E-state index contributed by atoms with van der Waals surface area (Å²) < 4.78 is 10.0. The molecule has 106 valence electrons. The molecule has 1 aromatic heterocycles. The highest BCUT2D eigenvalue weighted by Crippen LogP contribution is 2.22. The summed E-state index contributed by atoms with van der Waals surface area (Å²) in [4.78, 5) is 16.1. The van der Waals surface area contributed by atoms with Crippen LogP contribution in [0.25, 0.3) is 0 Å². The van der Waals surface area contributed by atoms with E-state index < -0.39 is 4.92 Å². The summed E-state index contributed by atoms with van der Waals surface area (Å²) in [6, 6.07) is 2.92. The lowest BCUT2D eigenvalue weighted by Gasteiger charge is -2.23. The number of pyridine rings is 1. The van der Waals surface area contributed by atoms with E-state index in [1.807, 2.05) is 4.90 Å². The zero-order valence-electron chi connectivity index (χ0n) is 11.0. The number of rotatable bonds is 8. The summed E-state index contributed by atoms with van der Waals surface area (Å²) >= 11 is 0. The number of nitrogens with zero attached hydrogens (tertiary/aromatic N) is 3. The first-order valence-corrected chi connectivity index (χ1v) is 5.74. The van der Waals surface area contributed by atoms with Crippen LogP contribution in [0.2, 0.25) is 0 Å². The first-order chi connectivity index (χ1) is 9.10. The molecule has 19 heavy (non-hydrogen) atoms. The van der Waals surface area contributed by atoms with Gasteiger partial charge in [0, 0.05) is 33.4 Å². The highest BCUT2D eigenvalue weighted by atomic mass is 16.6. The van der Waals surface area contributed by atoms with E-state index in [1.54, 1.807) is 20.3 Å². The fraction of sp³-hybridized carbons (Fsp3) is 0.545. The Bertz CT molecular complexity index is 419. The van der Waals surface area contributed by atoms with Crippen LogP contribution < -0.4 is 10.6 Å². The Kier molecular flexibility index (Phi) is 5.97. The maximum Gasteiger partial charge on any atom is 0.311 e. The van der Waals surface area contributed by atoms with E-state index in [1.165, 1.54) is 6.07 Å².